The zero-order valence-electron chi connectivity index (χ0n) is 11.2. The molecule has 1 aromatic heterocycles. The van der Waals surface area contributed by atoms with Crippen molar-refractivity contribution in [1.29, 1.82) is 0 Å². The fraction of sp³-hybridized carbons (Fsp3) is 0.286. The van der Waals surface area contributed by atoms with Gasteiger partial charge in [0.15, 0.2) is 0 Å². The Morgan fingerprint density at radius 1 is 1.32 bits per heavy atom. The first-order valence-corrected chi connectivity index (χ1v) is 5.92. The SMILES string of the molecule is COC(=O)c1cncn1C(C)c1ccccc1OC. The summed E-state index contributed by atoms with van der Waals surface area (Å²) in [5, 5.41) is 0. The van der Waals surface area contributed by atoms with E-state index in [1.165, 1.54) is 13.3 Å². The average Bonchev–Trinajstić information content (AvgIpc) is 2.95. The summed E-state index contributed by atoms with van der Waals surface area (Å²) >= 11 is 0. The van der Waals surface area contributed by atoms with Crippen LogP contribution in [0, 0.1) is 0 Å². The normalized spacial score (nSPS) is 11.9. The predicted octanol–water partition coefficient (Wildman–Crippen LogP) is 2.29. The van der Waals surface area contributed by atoms with Crippen molar-refractivity contribution in [2.75, 3.05) is 14.2 Å². The Morgan fingerprint density at radius 3 is 2.74 bits per heavy atom. The fourth-order valence-corrected chi connectivity index (χ4v) is 2.04. The number of para-hydroxylation sites is 1. The van der Waals surface area contributed by atoms with Gasteiger partial charge in [0.05, 0.1) is 32.8 Å². The van der Waals surface area contributed by atoms with Crippen LogP contribution in [0.2, 0.25) is 0 Å². The second kappa shape index (κ2) is 5.56. The van der Waals surface area contributed by atoms with Gasteiger partial charge >= 0.3 is 5.97 Å². The standard InChI is InChI=1S/C14H16N2O3/c1-10(11-6-4-5-7-13(11)18-2)16-9-15-8-12(16)14(17)19-3/h4-10H,1-3H3. The van der Waals surface area contributed by atoms with Crippen molar-refractivity contribution >= 4 is 5.97 Å². The van der Waals surface area contributed by atoms with E-state index in [0.29, 0.717) is 5.69 Å². The summed E-state index contributed by atoms with van der Waals surface area (Å²) in [6, 6.07) is 7.62. The van der Waals surface area contributed by atoms with E-state index in [9.17, 15) is 4.79 Å². The molecule has 2 aromatic rings. The van der Waals surface area contributed by atoms with Crippen LogP contribution in [-0.4, -0.2) is 29.7 Å². The minimum atomic E-state index is -0.403. The Kier molecular flexibility index (Phi) is 3.85. The van der Waals surface area contributed by atoms with Gasteiger partial charge in [-0.25, -0.2) is 9.78 Å². The Morgan fingerprint density at radius 2 is 2.05 bits per heavy atom. The van der Waals surface area contributed by atoms with E-state index in [-0.39, 0.29) is 6.04 Å². The Bertz CT molecular complexity index is 578. The maximum Gasteiger partial charge on any atom is 0.356 e. The molecular formula is C14H16N2O3. The minimum absolute atomic E-state index is 0.0762. The van der Waals surface area contributed by atoms with Crippen LogP contribution in [0.25, 0.3) is 0 Å². The molecule has 2 rings (SSSR count). The lowest BCUT2D eigenvalue weighted by molar-refractivity contribution is 0.0587. The third kappa shape index (κ3) is 2.45. The maximum atomic E-state index is 11.7. The number of esters is 1. The maximum absolute atomic E-state index is 11.7. The first-order valence-electron chi connectivity index (χ1n) is 5.92. The van der Waals surface area contributed by atoms with Crippen molar-refractivity contribution in [3.63, 3.8) is 0 Å². The molecule has 1 unspecified atom stereocenters. The molecule has 0 saturated heterocycles. The Labute approximate surface area is 111 Å². The van der Waals surface area contributed by atoms with Crippen molar-refractivity contribution in [2.24, 2.45) is 0 Å². The first-order chi connectivity index (χ1) is 9.19. The molecule has 0 radical (unpaired) electrons. The van der Waals surface area contributed by atoms with Gasteiger partial charge in [-0.05, 0) is 13.0 Å². The number of hydrogen-bond donors (Lipinski definition) is 0. The molecule has 1 aromatic carbocycles. The zero-order chi connectivity index (χ0) is 13.8. The molecule has 0 saturated carbocycles. The summed E-state index contributed by atoms with van der Waals surface area (Å²) < 4.78 is 11.9. The monoisotopic (exact) mass is 260 g/mol. The van der Waals surface area contributed by atoms with E-state index < -0.39 is 5.97 Å². The topological polar surface area (TPSA) is 53.3 Å². The summed E-state index contributed by atoms with van der Waals surface area (Å²) in [6.45, 7) is 1.98. The van der Waals surface area contributed by atoms with Crippen molar-refractivity contribution in [3.05, 3.63) is 48.0 Å². The van der Waals surface area contributed by atoms with Crippen LogP contribution in [0.4, 0.5) is 0 Å². The van der Waals surface area contributed by atoms with Crippen LogP contribution in [0.3, 0.4) is 0 Å². The van der Waals surface area contributed by atoms with Crippen LogP contribution in [0.1, 0.15) is 29.0 Å². The number of carbonyl (C=O) groups is 1. The highest BCUT2D eigenvalue weighted by atomic mass is 16.5. The molecule has 0 fully saturated rings. The Hall–Kier alpha value is -2.30. The number of hydrogen-bond acceptors (Lipinski definition) is 4. The molecule has 1 atom stereocenters. The van der Waals surface area contributed by atoms with E-state index >= 15 is 0 Å². The number of ether oxygens (including phenoxy) is 2. The first kappa shape index (κ1) is 13.1. The van der Waals surface area contributed by atoms with Crippen LogP contribution in [-0.2, 0) is 4.74 Å². The lowest BCUT2D eigenvalue weighted by Crippen LogP contribution is -2.15. The van der Waals surface area contributed by atoms with Crippen molar-refractivity contribution < 1.29 is 14.3 Å². The number of imidazole rings is 1. The minimum Gasteiger partial charge on any atom is -0.496 e. The molecule has 5 heteroatoms. The zero-order valence-corrected chi connectivity index (χ0v) is 11.2. The number of nitrogens with zero attached hydrogens (tertiary/aromatic N) is 2. The Balaban J connectivity index is 2.42. The molecule has 5 nitrogen and oxygen atoms in total. The largest absolute Gasteiger partial charge is 0.496 e. The molecule has 0 N–H and O–H groups in total. The van der Waals surface area contributed by atoms with E-state index in [4.69, 9.17) is 9.47 Å². The number of carbonyl (C=O) groups excluding carboxylic acids is 1. The third-order valence-electron chi connectivity index (χ3n) is 3.07. The van der Waals surface area contributed by atoms with E-state index in [1.807, 2.05) is 31.2 Å². The number of aromatic nitrogens is 2. The highest BCUT2D eigenvalue weighted by Crippen LogP contribution is 2.28. The van der Waals surface area contributed by atoms with Crippen molar-refractivity contribution in [2.45, 2.75) is 13.0 Å². The van der Waals surface area contributed by atoms with E-state index in [0.717, 1.165) is 11.3 Å². The molecule has 100 valence electrons. The van der Waals surface area contributed by atoms with Crippen LogP contribution in [0.15, 0.2) is 36.8 Å². The summed E-state index contributed by atoms with van der Waals surface area (Å²) in [5.74, 6) is 0.374. The second-order valence-corrected chi connectivity index (χ2v) is 4.10. The predicted molar refractivity (Wildman–Crippen MR) is 70.4 cm³/mol. The molecule has 0 aliphatic carbocycles. The van der Waals surface area contributed by atoms with Gasteiger partial charge in [0.1, 0.15) is 11.4 Å². The number of benzene rings is 1. The summed E-state index contributed by atoms with van der Waals surface area (Å²) in [4.78, 5) is 15.7. The van der Waals surface area contributed by atoms with Gasteiger partial charge in [-0.3, -0.25) is 0 Å². The quantitative estimate of drug-likeness (QED) is 0.791. The lowest BCUT2D eigenvalue weighted by Gasteiger charge is -2.18. The van der Waals surface area contributed by atoms with E-state index in [2.05, 4.69) is 4.98 Å². The molecular weight excluding hydrogens is 244 g/mol. The highest BCUT2D eigenvalue weighted by Gasteiger charge is 2.19. The van der Waals surface area contributed by atoms with Gasteiger partial charge in [-0.2, -0.15) is 0 Å². The summed E-state index contributed by atoms with van der Waals surface area (Å²) in [6.07, 6.45) is 3.11. The highest BCUT2D eigenvalue weighted by molar-refractivity contribution is 5.87. The van der Waals surface area contributed by atoms with Gasteiger partial charge in [-0.1, -0.05) is 18.2 Å². The van der Waals surface area contributed by atoms with Gasteiger partial charge in [0.2, 0.25) is 0 Å². The molecule has 0 bridgehead atoms. The second-order valence-electron chi connectivity index (χ2n) is 4.10. The smallest absolute Gasteiger partial charge is 0.356 e. The van der Waals surface area contributed by atoms with E-state index in [1.54, 1.807) is 18.0 Å². The molecule has 0 spiro atoms. The van der Waals surface area contributed by atoms with Gasteiger partial charge in [0, 0.05) is 5.56 Å². The number of rotatable bonds is 4. The van der Waals surface area contributed by atoms with Crippen molar-refractivity contribution in [1.82, 2.24) is 9.55 Å². The van der Waals surface area contributed by atoms with Gasteiger partial charge < -0.3 is 14.0 Å². The molecule has 0 aliphatic heterocycles. The lowest BCUT2D eigenvalue weighted by atomic mass is 10.1. The van der Waals surface area contributed by atoms with Crippen LogP contribution >= 0.6 is 0 Å². The summed E-state index contributed by atoms with van der Waals surface area (Å²) in [7, 11) is 2.98. The van der Waals surface area contributed by atoms with Gasteiger partial charge in [-0.15, -0.1) is 0 Å². The summed E-state index contributed by atoms with van der Waals surface area (Å²) in [5.41, 5.74) is 1.40. The molecule has 1 heterocycles. The molecule has 19 heavy (non-hydrogen) atoms. The third-order valence-corrected chi connectivity index (χ3v) is 3.07. The van der Waals surface area contributed by atoms with Gasteiger partial charge in [0.25, 0.3) is 0 Å². The van der Waals surface area contributed by atoms with Crippen molar-refractivity contribution in [3.8, 4) is 5.75 Å². The molecule has 0 aliphatic rings. The van der Waals surface area contributed by atoms with Crippen LogP contribution in [0.5, 0.6) is 5.75 Å². The average molecular weight is 260 g/mol. The van der Waals surface area contributed by atoms with Crippen LogP contribution < -0.4 is 4.74 Å². The molecule has 0 amide bonds. The number of methoxy groups -OCH3 is 2. The fourth-order valence-electron chi connectivity index (χ4n) is 2.04.